The molecule has 1 heteroatoms. The van der Waals surface area contributed by atoms with Gasteiger partial charge in [0, 0.05) is 18.8 Å². The van der Waals surface area contributed by atoms with Crippen LogP contribution >= 0.6 is 0 Å². The van der Waals surface area contributed by atoms with Crippen LogP contribution in [0.2, 0.25) is 0 Å². The van der Waals surface area contributed by atoms with Gasteiger partial charge in [-0.3, -0.25) is 4.79 Å². The zero-order chi connectivity index (χ0) is 21.6. The molecule has 1 nitrogen and oxygen atoms in total. The maximum absolute atomic E-state index is 12.8. The smallest absolute Gasteiger partial charge is 0.137 e. The Morgan fingerprint density at radius 2 is 1.61 bits per heavy atom. The summed E-state index contributed by atoms with van der Waals surface area (Å²) in [7, 11) is 0. The van der Waals surface area contributed by atoms with Gasteiger partial charge in [-0.15, -0.1) is 0 Å². The summed E-state index contributed by atoms with van der Waals surface area (Å²) in [5.74, 6) is 2.12. The van der Waals surface area contributed by atoms with E-state index in [2.05, 4.69) is 80.6 Å². The molecule has 162 valence electrons. The van der Waals surface area contributed by atoms with E-state index in [-0.39, 0.29) is 0 Å². The summed E-state index contributed by atoms with van der Waals surface area (Å²) in [6.45, 7) is 4.41. The number of carbonyl (C=O) groups excluding carboxylic acids is 1. The molecule has 4 rings (SSSR count). The molecular formula is C30H36O. The van der Waals surface area contributed by atoms with Crippen LogP contribution in [-0.2, 0) is 11.2 Å². The minimum Gasteiger partial charge on any atom is -0.299 e. The van der Waals surface area contributed by atoms with E-state index in [0.717, 1.165) is 17.9 Å². The summed E-state index contributed by atoms with van der Waals surface area (Å²) in [4.78, 5) is 12.8. The molecule has 0 bridgehead atoms. The molecule has 0 aromatic heterocycles. The van der Waals surface area contributed by atoms with Crippen molar-refractivity contribution in [3.63, 3.8) is 0 Å². The van der Waals surface area contributed by atoms with Crippen molar-refractivity contribution >= 4 is 11.4 Å². The number of hydrogen-bond donors (Lipinski definition) is 0. The Kier molecular flexibility index (Phi) is 7.22. The second kappa shape index (κ2) is 10.3. The highest BCUT2D eigenvalue weighted by molar-refractivity contribution is 5.82. The number of carbonyl (C=O) groups is 1. The Balaban J connectivity index is 1.40. The molecular weight excluding hydrogens is 376 g/mol. The summed E-state index contributed by atoms with van der Waals surface area (Å²) in [5, 5.41) is 0. The maximum Gasteiger partial charge on any atom is 0.137 e. The quantitative estimate of drug-likeness (QED) is 0.430. The molecule has 0 spiro atoms. The van der Waals surface area contributed by atoms with Gasteiger partial charge in [-0.25, -0.2) is 0 Å². The summed E-state index contributed by atoms with van der Waals surface area (Å²) in [5.41, 5.74) is 6.78. The highest BCUT2D eigenvalue weighted by Gasteiger charge is 2.32. The predicted molar refractivity (Wildman–Crippen MR) is 131 cm³/mol. The molecule has 2 aromatic carbocycles. The summed E-state index contributed by atoms with van der Waals surface area (Å²) in [6, 6.07) is 19.4. The molecule has 0 aliphatic heterocycles. The van der Waals surface area contributed by atoms with Crippen LogP contribution in [0.25, 0.3) is 5.57 Å². The SMILES string of the molecule is CC(C)c1ccc(CC(=O)CCC2=CC=C(c3ccccc3)C2C2CCCCC2)cc1. The lowest BCUT2D eigenvalue weighted by Gasteiger charge is -2.32. The van der Waals surface area contributed by atoms with Gasteiger partial charge in [-0.2, -0.15) is 0 Å². The summed E-state index contributed by atoms with van der Waals surface area (Å²) in [6.07, 6.45) is 13.5. The lowest BCUT2D eigenvalue weighted by molar-refractivity contribution is -0.118. The molecule has 0 heterocycles. The fourth-order valence-corrected chi connectivity index (χ4v) is 5.39. The fourth-order valence-electron chi connectivity index (χ4n) is 5.39. The standard InChI is InChI=1S/C30H36O/c1-22(2)24-15-13-23(14-16-24)21-28(31)19-17-27-18-20-29(25-9-5-3-6-10-25)30(27)26-11-7-4-8-12-26/h3,5-6,9-10,13-16,18,20,22,26,30H,4,7-8,11-12,17,19,21H2,1-2H3. The zero-order valence-corrected chi connectivity index (χ0v) is 19.1. The van der Waals surface area contributed by atoms with Gasteiger partial charge in [0.15, 0.2) is 0 Å². The second-order valence-electron chi connectivity index (χ2n) is 9.72. The van der Waals surface area contributed by atoms with Crippen molar-refractivity contribution in [2.45, 2.75) is 71.1 Å². The Hall–Kier alpha value is -2.41. The Morgan fingerprint density at radius 3 is 2.29 bits per heavy atom. The van der Waals surface area contributed by atoms with E-state index in [1.54, 1.807) is 0 Å². The second-order valence-corrected chi connectivity index (χ2v) is 9.72. The first-order valence-electron chi connectivity index (χ1n) is 12.2. The van der Waals surface area contributed by atoms with Gasteiger partial charge in [0.05, 0.1) is 0 Å². The van der Waals surface area contributed by atoms with E-state index >= 15 is 0 Å². The van der Waals surface area contributed by atoms with Gasteiger partial charge < -0.3 is 0 Å². The van der Waals surface area contributed by atoms with Crippen molar-refractivity contribution < 1.29 is 4.79 Å². The van der Waals surface area contributed by atoms with Crippen molar-refractivity contribution in [3.8, 4) is 0 Å². The van der Waals surface area contributed by atoms with Crippen LogP contribution in [0.3, 0.4) is 0 Å². The van der Waals surface area contributed by atoms with Crippen molar-refractivity contribution in [3.05, 3.63) is 89.0 Å². The number of ketones is 1. The average molecular weight is 413 g/mol. The lowest BCUT2D eigenvalue weighted by Crippen LogP contribution is -2.20. The van der Waals surface area contributed by atoms with Crippen LogP contribution in [0, 0.1) is 11.8 Å². The van der Waals surface area contributed by atoms with Crippen molar-refractivity contribution in [1.29, 1.82) is 0 Å². The fraction of sp³-hybridized carbons (Fsp3) is 0.433. The molecule has 2 aliphatic carbocycles. The molecule has 2 aromatic rings. The molecule has 31 heavy (non-hydrogen) atoms. The third-order valence-electron chi connectivity index (χ3n) is 7.18. The minimum atomic E-state index is 0.355. The summed E-state index contributed by atoms with van der Waals surface area (Å²) < 4.78 is 0. The van der Waals surface area contributed by atoms with Crippen molar-refractivity contribution in [2.24, 2.45) is 11.8 Å². The molecule has 2 aliphatic rings. The van der Waals surface area contributed by atoms with E-state index in [0.29, 0.717) is 30.5 Å². The molecule has 1 saturated carbocycles. The van der Waals surface area contributed by atoms with Gasteiger partial charge in [0.25, 0.3) is 0 Å². The number of benzene rings is 2. The van der Waals surface area contributed by atoms with Gasteiger partial charge in [-0.1, -0.05) is 105 Å². The van der Waals surface area contributed by atoms with Crippen LogP contribution in [0.1, 0.15) is 81.4 Å². The molecule has 1 fully saturated rings. The van der Waals surface area contributed by atoms with Gasteiger partial charge in [-0.05, 0) is 53.4 Å². The highest BCUT2D eigenvalue weighted by Crippen LogP contribution is 2.46. The normalized spacial score (nSPS) is 19.4. The van der Waals surface area contributed by atoms with Gasteiger partial charge >= 0.3 is 0 Å². The maximum atomic E-state index is 12.8. The molecule has 0 N–H and O–H groups in total. The third-order valence-corrected chi connectivity index (χ3v) is 7.18. The highest BCUT2D eigenvalue weighted by atomic mass is 16.1. The van der Waals surface area contributed by atoms with Crippen LogP contribution in [0.4, 0.5) is 0 Å². The first-order chi connectivity index (χ1) is 15.1. The number of Topliss-reactive ketones (excluding diaryl/α,β-unsaturated/α-hetero) is 1. The van der Waals surface area contributed by atoms with Crippen LogP contribution in [-0.4, -0.2) is 5.78 Å². The van der Waals surface area contributed by atoms with Crippen LogP contribution < -0.4 is 0 Å². The first kappa shape index (κ1) is 21.8. The molecule has 1 atom stereocenters. The predicted octanol–water partition coefficient (Wildman–Crippen LogP) is 7.92. The zero-order valence-electron chi connectivity index (χ0n) is 19.1. The monoisotopic (exact) mass is 412 g/mol. The number of rotatable bonds is 8. The van der Waals surface area contributed by atoms with Crippen molar-refractivity contribution in [1.82, 2.24) is 0 Å². The Morgan fingerprint density at radius 1 is 0.903 bits per heavy atom. The molecule has 0 amide bonds. The van der Waals surface area contributed by atoms with Gasteiger partial charge in [0.2, 0.25) is 0 Å². The summed E-state index contributed by atoms with van der Waals surface area (Å²) >= 11 is 0. The topological polar surface area (TPSA) is 17.1 Å². The molecule has 1 unspecified atom stereocenters. The Bertz CT molecular complexity index is 924. The minimum absolute atomic E-state index is 0.355. The van der Waals surface area contributed by atoms with Crippen molar-refractivity contribution in [2.75, 3.05) is 0 Å². The largest absolute Gasteiger partial charge is 0.299 e. The number of hydrogen-bond acceptors (Lipinski definition) is 1. The molecule has 0 radical (unpaired) electrons. The van der Waals surface area contributed by atoms with E-state index in [4.69, 9.17) is 0 Å². The van der Waals surface area contributed by atoms with E-state index in [1.807, 2.05) is 0 Å². The van der Waals surface area contributed by atoms with Crippen LogP contribution in [0.5, 0.6) is 0 Å². The van der Waals surface area contributed by atoms with E-state index < -0.39 is 0 Å². The average Bonchev–Trinajstić information content (AvgIpc) is 3.23. The van der Waals surface area contributed by atoms with E-state index in [9.17, 15) is 4.79 Å². The van der Waals surface area contributed by atoms with Gasteiger partial charge in [0.1, 0.15) is 5.78 Å². The molecule has 0 saturated heterocycles. The third kappa shape index (κ3) is 5.45. The Labute approximate surface area is 188 Å². The first-order valence-corrected chi connectivity index (χ1v) is 12.2. The lowest BCUT2D eigenvalue weighted by atomic mass is 9.72. The van der Waals surface area contributed by atoms with E-state index in [1.165, 1.54) is 54.4 Å². The number of allylic oxidation sites excluding steroid dienone is 4. The van der Waals surface area contributed by atoms with Crippen LogP contribution in [0.15, 0.2) is 72.3 Å².